The number of carbonyl (C=O) groups excluding carboxylic acids is 2. The number of rotatable bonds is 15. The fourth-order valence-corrected chi connectivity index (χ4v) is 2.56. The molecule has 2 nitrogen and oxygen atoms in total. The topological polar surface area (TPSA) is 34.1 Å². The summed E-state index contributed by atoms with van der Waals surface area (Å²) in [7, 11) is 0. The lowest BCUT2D eigenvalue weighted by Crippen LogP contribution is -1.87. The fourth-order valence-electron chi connectivity index (χ4n) is 2.30. The van der Waals surface area contributed by atoms with Crippen LogP contribution in [-0.4, -0.2) is 10.5 Å². The van der Waals surface area contributed by atoms with Crippen LogP contribution in [0.25, 0.3) is 0 Å². The van der Waals surface area contributed by atoms with Gasteiger partial charge >= 0.3 is 0 Å². The molecule has 0 rings (SSSR count). The van der Waals surface area contributed by atoms with Crippen LogP contribution in [0.4, 0.5) is 0 Å². The third-order valence-electron chi connectivity index (χ3n) is 3.50. The van der Waals surface area contributed by atoms with E-state index in [2.05, 4.69) is 0 Å². The van der Waals surface area contributed by atoms with Crippen LogP contribution < -0.4 is 0 Å². The van der Waals surface area contributed by atoms with Crippen molar-refractivity contribution < 1.29 is 9.59 Å². The van der Waals surface area contributed by atoms with Crippen LogP contribution in [0.3, 0.4) is 0 Å². The van der Waals surface area contributed by atoms with Gasteiger partial charge < -0.3 is 0 Å². The highest BCUT2D eigenvalue weighted by molar-refractivity contribution is 6.63. The number of carbonyl (C=O) groups is 2. The summed E-state index contributed by atoms with van der Waals surface area (Å²) in [5.74, 6) is 0. The fraction of sp³-hybridized carbons (Fsp3) is 0.889. The van der Waals surface area contributed by atoms with E-state index in [0.29, 0.717) is 12.8 Å². The van der Waals surface area contributed by atoms with Crippen LogP contribution in [0.1, 0.15) is 104 Å². The molecule has 132 valence electrons. The van der Waals surface area contributed by atoms with Crippen LogP contribution >= 0.6 is 23.2 Å². The zero-order valence-corrected chi connectivity index (χ0v) is 16.0. The molecule has 0 aliphatic heterocycles. The maximum absolute atomic E-state index is 10.5. The molecule has 0 aromatic heterocycles. The first-order valence-electron chi connectivity index (χ1n) is 8.99. The first kappa shape index (κ1) is 24.2. The highest BCUT2D eigenvalue weighted by Crippen LogP contribution is 2.13. The summed E-state index contributed by atoms with van der Waals surface area (Å²) < 4.78 is 0. The van der Waals surface area contributed by atoms with Crippen molar-refractivity contribution in [1.29, 1.82) is 0 Å². The molecule has 0 aliphatic carbocycles. The van der Waals surface area contributed by atoms with E-state index in [9.17, 15) is 9.59 Å². The molecule has 0 radical (unpaired) electrons. The average molecular weight is 353 g/mol. The van der Waals surface area contributed by atoms with Gasteiger partial charge in [-0.05, 0) is 36.0 Å². The summed E-state index contributed by atoms with van der Waals surface area (Å²) in [6.07, 6.45) is 15.4. The van der Waals surface area contributed by atoms with E-state index >= 15 is 0 Å². The van der Waals surface area contributed by atoms with E-state index < -0.39 is 0 Å². The van der Waals surface area contributed by atoms with Gasteiger partial charge in [-0.3, -0.25) is 9.59 Å². The number of halogens is 2. The maximum atomic E-state index is 10.5. The molecule has 0 aromatic rings. The molecule has 0 aromatic carbocycles. The lowest BCUT2D eigenvalue weighted by atomic mass is 10.0. The molecule has 0 fully saturated rings. The van der Waals surface area contributed by atoms with Crippen molar-refractivity contribution >= 4 is 33.7 Å². The summed E-state index contributed by atoms with van der Waals surface area (Å²) in [5.41, 5.74) is 0. The summed E-state index contributed by atoms with van der Waals surface area (Å²) in [4.78, 5) is 21.0. The number of unbranched alkanes of at least 4 members (excludes halogenated alkanes) is 11. The monoisotopic (exact) mass is 352 g/mol. The molecule has 0 bridgehead atoms. The van der Waals surface area contributed by atoms with E-state index in [1.807, 2.05) is 13.8 Å². The third kappa shape index (κ3) is 24.9. The molecule has 0 spiro atoms. The van der Waals surface area contributed by atoms with Crippen molar-refractivity contribution in [1.82, 2.24) is 0 Å². The molecule has 0 aliphatic rings. The Labute approximate surface area is 147 Å². The number of hydrogen-bond donors (Lipinski definition) is 0. The Hall–Kier alpha value is -0.0800. The highest BCUT2D eigenvalue weighted by atomic mass is 35.5. The second-order valence-corrected chi connectivity index (χ2v) is 6.30. The van der Waals surface area contributed by atoms with E-state index in [-0.39, 0.29) is 10.5 Å². The van der Waals surface area contributed by atoms with Gasteiger partial charge in [-0.15, -0.1) is 0 Å². The molecule has 0 unspecified atom stereocenters. The van der Waals surface area contributed by atoms with Gasteiger partial charge in [0.15, 0.2) is 0 Å². The predicted molar refractivity (Wildman–Crippen MR) is 97.7 cm³/mol. The van der Waals surface area contributed by atoms with Crippen LogP contribution in [0, 0.1) is 0 Å². The molecule has 0 heterocycles. The van der Waals surface area contributed by atoms with Crippen LogP contribution in [0.2, 0.25) is 0 Å². The van der Waals surface area contributed by atoms with Crippen molar-refractivity contribution in [2.24, 2.45) is 0 Å². The lowest BCUT2D eigenvalue weighted by molar-refractivity contribution is -0.112. The Kier molecular flexibility index (Phi) is 23.0. The SMILES string of the molecule is CC.O=C(Cl)CCCCCCCCCCCCCCC(=O)Cl. The molecular formula is C18H34Cl2O2. The van der Waals surface area contributed by atoms with Gasteiger partial charge in [0.05, 0.1) is 0 Å². The van der Waals surface area contributed by atoms with E-state index in [4.69, 9.17) is 23.2 Å². The minimum atomic E-state index is -0.208. The number of hydrogen-bond acceptors (Lipinski definition) is 2. The van der Waals surface area contributed by atoms with Gasteiger partial charge in [0.1, 0.15) is 0 Å². The minimum Gasteiger partial charge on any atom is -0.281 e. The first-order chi connectivity index (χ1) is 10.6. The largest absolute Gasteiger partial charge is 0.281 e. The standard InChI is InChI=1S/C16H28Cl2O2.C2H6/c17-15(19)13-11-9-7-5-3-1-2-4-6-8-10-12-14-16(18)20;1-2/h1-14H2;1-2H3. The summed E-state index contributed by atoms with van der Waals surface area (Å²) in [6, 6.07) is 0. The Balaban J connectivity index is 0. The Morgan fingerprint density at radius 2 is 0.682 bits per heavy atom. The first-order valence-corrected chi connectivity index (χ1v) is 9.75. The second kappa shape index (κ2) is 20.9. The second-order valence-electron chi connectivity index (χ2n) is 5.45. The van der Waals surface area contributed by atoms with Gasteiger partial charge in [-0.25, -0.2) is 0 Å². The zero-order chi connectivity index (χ0) is 17.1. The Morgan fingerprint density at radius 1 is 0.500 bits per heavy atom. The van der Waals surface area contributed by atoms with Gasteiger partial charge in [-0.1, -0.05) is 78.1 Å². The molecule has 0 amide bonds. The lowest BCUT2D eigenvalue weighted by Gasteiger charge is -2.02. The minimum absolute atomic E-state index is 0.208. The third-order valence-corrected chi connectivity index (χ3v) is 3.87. The molecule has 0 N–H and O–H groups in total. The molecular weight excluding hydrogens is 319 g/mol. The van der Waals surface area contributed by atoms with E-state index in [1.54, 1.807) is 0 Å². The molecule has 0 atom stereocenters. The molecule has 0 saturated heterocycles. The molecule has 4 heteroatoms. The quantitative estimate of drug-likeness (QED) is 0.234. The summed E-state index contributed by atoms with van der Waals surface area (Å²) >= 11 is 10.5. The van der Waals surface area contributed by atoms with E-state index in [1.165, 1.54) is 51.4 Å². The predicted octanol–water partition coefficient (Wildman–Crippen LogP) is 7.00. The Bertz CT molecular complexity index is 229. The smallest absolute Gasteiger partial charge is 0.221 e. The van der Waals surface area contributed by atoms with Crippen LogP contribution in [0.5, 0.6) is 0 Å². The summed E-state index contributed by atoms with van der Waals surface area (Å²) in [6.45, 7) is 4.00. The molecule has 0 saturated carbocycles. The van der Waals surface area contributed by atoms with E-state index in [0.717, 1.165) is 25.7 Å². The normalized spacial score (nSPS) is 10.0. The summed E-state index contributed by atoms with van der Waals surface area (Å²) in [5, 5.41) is -0.416. The van der Waals surface area contributed by atoms with Crippen molar-refractivity contribution in [2.45, 2.75) is 104 Å². The highest BCUT2D eigenvalue weighted by Gasteiger charge is 1.97. The van der Waals surface area contributed by atoms with Crippen LogP contribution in [0.15, 0.2) is 0 Å². The van der Waals surface area contributed by atoms with Crippen molar-refractivity contribution in [3.05, 3.63) is 0 Å². The molecule has 22 heavy (non-hydrogen) atoms. The maximum Gasteiger partial charge on any atom is 0.221 e. The van der Waals surface area contributed by atoms with Crippen molar-refractivity contribution in [2.75, 3.05) is 0 Å². The average Bonchev–Trinajstić information content (AvgIpc) is 2.49. The Morgan fingerprint density at radius 3 is 0.864 bits per heavy atom. The zero-order valence-electron chi connectivity index (χ0n) is 14.5. The van der Waals surface area contributed by atoms with Crippen LogP contribution in [-0.2, 0) is 9.59 Å². The van der Waals surface area contributed by atoms with Gasteiger partial charge in [-0.2, -0.15) is 0 Å². The van der Waals surface area contributed by atoms with Gasteiger partial charge in [0.25, 0.3) is 0 Å². The van der Waals surface area contributed by atoms with Crippen molar-refractivity contribution in [3.8, 4) is 0 Å². The van der Waals surface area contributed by atoms with Gasteiger partial charge in [0.2, 0.25) is 10.5 Å². The van der Waals surface area contributed by atoms with Gasteiger partial charge in [0, 0.05) is 12.8 Å². The van der Waals surface area contributed by atoms with Crippen molar-refractivity contribution in [3.63, 3.8) is 0 Å².